The Labute approximate surface area is 156 Å². The highest BCUT2D eigenvalue weighted by Crippen LogP contribution is 2.28. The standard InChI is InChI=1S/C18H18ClN5O2/c1-23(2)16(12-8-10-13(19)11-9-12)17-20-21-22-24(17)15-7-5-4-6-14(15)18(25)26-3/h4-11,16H,1-3H3. The van der Waals surface area contributed by atoms with E-state index in [9.17, 15) is 4.79 Å². The van der Waals surface area contributed by atoms with Gasteiger partial charge < -0.3 is 4.74 Å². The SMILES string of the molecule is COC(=O)c1ccccc1-n1nnnc1C(c1ccc(Cl)cc1)N(C)C. The van der Waals surface area contributed by atoms with E-state index in [1.165, 1.54) is 7.11 Å². The number of halogens is 1. The second-order valence-electron chi connectivity index (χ2n) is 5.88. The molecule has 1 atom stereocenters. The fourth-order valence-electron chi connectivity index (χ4n) is 2.80. The van der Waals surface area contributed by atoms with E-state index in [4.69, 9.17) is 16.3 Å². The molecule has 0 aliphatic heterocycles. The van der Waals surface area contributed by atoms with Crippen molar-refractivity contribution in [1.29, 1.82) is 0 Å². The number of aromatic nitrogens is 4. The van der Waals surface area contributed by atoms with Crippen LogP contribution in [0.4, 0.5) is 0 Å². The lowest BCUT2D eigenvalue weighted by Gasteiger charge is -2.24. The number of esters is 1. The van der Waals surface area contributed by atoms with Crippen molar-refractivity contribution >= 4 is 17.6 Å². The molecule has 1 heterocycles. The zero-order chi connectivity index (χ0) is 18.7. The Morgan fingerprint density at radius 1 is 1.15 bits per heavy atom. The van der Waals surface area contributed by atoms with Gasteiger partial charge in [-0.05, 0) is 54.4 Å². The van der Waals surface area contributed by atoms with E-state index in [0.29, 0.717) is 22.1 Å². The van der Waals surface area contributed by atoms with Gasteiger partial charge >= 0.3 is 5.97 Å². The maximum absolute atomic E-state index is 12.1. The maximum atomic E-state index is 12.1. The quantitative estimate of drug-likeness (QED) is 0.642. The summed E-state index contributed by atoms with van der Waals surface area (Å²) in [5, 5.41) is 12.8. The summed E-state index contributed by atoms with van der Waals surface area (Å²) >= 11 is 6.01. The number of hydrogen-bond acceptors (Lipinski definition) is 6. The van der Waals surface area contributed by atoms with Crippen LogP contribution >= 0.6 is 11.6 Å². The van der Waals surface area contributed by atoms with Crippen LogP contribution in [0.25, 0.3) is 5.69 Å². The van der Waals surface area contributed by atoms with E-state index in [1.807, 2.05) is 49.3 Å². The molecule has 3 aromatic rings. The molecule has 0 spiro atoms. The van der Waals surface area contributed by atoms with Crippen LogP contribution in [-0.4, -0.2) is 52.3 Å². The lowest BCUT2D eigenvalue weighted by molar-refractivity contribution is 0.0600. The molecule has 1 aromatic heterocycles. The normalized spacial score (nSPS) is 12.2. The fraction of sp³-hybridized carbons (Fsp3) is 0.222. The Kier molecular flexibility index (Phi) is 5.29. The number of tetrazole rings is 1. The average molecular weight is 372 g/mol. The Balaban J connectivity index is 2.13. The van der Waals surface area contributed by atoms with E-state index < -0.39 is 5.97 Å². The first-order valence-corrected chi connectivity index (χ1v) is 8.28. The van der Waals surface area contributed by atoms with Gasteiger partial charge in [0, 0.05) is 5.02 Å². The van der Waals surface area contributed by atoms with Gasteiger partial charge in [-0.2, -0.15) is 4.68 Å². The highest BCUT2D eigenvalue weighted by molar-refractivity contribution is 6.30. The van der Waals surface area contributed by atoms with Crippen molar-refractivity contribution < 1.29 is 9.53 Å². The first-order chi connectivity index (χ1) is 12.5. The second-order valence-corrected chi connectivity index (χ2v) is 6.31. The molecule has 7 nitrogen and oxygen atoms in total. The average Bonchev–Trinajstić information content (AvgIpc) is 3.11. The summed E-state index contributed by atoms with van der Waals surface area (Å²) in [6.07, 6.45) is 0. The van der Waals surface area contributed by atoms with Crippen LogP contribution in [-0.2, 0) is 4.74 Å². The topological polar surface area (TPSA) is 73.1 Å². The molecule has 0 amide bonds. The van der Waals surface area contributed by atoms with Crippen molar-refractivity contribution in [1.82, 2.24) is 25.1 Å². The van der Waals surface area contributed by atoms with Crippen molar-refractivity contribution in [3.05, 3.63) is 70.5 Å². The molecule has 0 aliphatic rings. The van der Waals surface area contributed by atoms with Crippen LogP contribution < -0.4 is 0 Å². The summed E-state index contributed by atoms with van der Waals surface area (Å²) in [7, 11) is 5.21. The van der Waals surface area contributed by atoms with Crippen LogP contribution in [0.1, 0.15) is 27.8 Å². The molecule has 0 saturated heterocycles. The second kappa shape index (κ2) is 7.63. The number of methoxy groups -OCH3 is 1. The molecule has 8 heteroatoms. The lowest BCUT2D eigenvalue weighted by atomic mass is 10.0. The Hall–Kier alpha value is -2.77. The summed E-state index contributed by atoms with van der Waals surface area (Å²) in [5.41, 5.74) is 1.92. The van der Waals surface area contributed by atoms with Gasteiger partial charge in [-0.1, -0.05) is 35.9 Å². The van der Waals surface area contributed by atoms with Gasteiger partial charge in [0.05, 0.1) is 24.4 Å². The van der Waals surface area contributed by atoms with Gasteiger partial charge in [0.15, 0.2) is 5.82 Å². The Morgan fingerprint density at radius 3 is 2.50 bits per heavy atom. The van der Waals surface area contributed by atoms with Gasteiger partial charge in [0.1, 0.15) is 0 Å². The fourth-order valence-corrected chi connectivity index (χ4v) is 2.93. The minimum absolute atomic E-state index is 0.229. The molecule has 0 aliphatic carbocycles. The van der Waals surface area contributed by atoms with Crippen LogP contribution in [0.3, 0.4) is 0 Å². The number of carbonyl (C=O) groups excluding carboxylic acids is 1. The smallest absolute Gasteiger partial charge is 0.340 e. The van der Waals surface area contributed by atoms with Gasteiger partial charge in [0.25, 0.3) is 0 Å². The van der Waals surface area contributed by atoms with Crippen molar-refractivity contribution in [3.8, 4) is 5.69 Å². The van der Waals surface area contributed by atoms with E-state index in [0.717, 1.165) is 5.56 Å². The number of ether oxygens (including phenoxy) is 1. The highest BCUT2D eigenvalue weighted by Gasteiger charge is 2.26. The zero-order valence-electron chi connectivity index (χ0n) is 14.6. The van der Waals surface area contributed by atoms with Gasteiger partial charge in [0.2, 0.25) is 0 Å². The summed E-state index contributed by atoms with van der Waals surface area (Å²) in [6.45, 7) is 0. The number of carbonyl (C=O) groups is 1. The number of nitrogens with zero attached hydrogens (tertiary/aromatic N) is 5. The highest BCUT2D eigenvalue weighted by atomic mass is 35.5. The molecule has 2 aromatic carbocycles. The Morgan fingerprint density at radius 2 is 1.85 bits per heavy atom. The predicted molar refractivity (Wildman–Crippen MR) is 97.5 cm³/mol. The first kappa shape index (κ1) is 18.0. The molecule has 0 radical (unpaired) electrons. The largest absolute Gasteiger partial charge is 0.465 e. The van der Waals surface area contributed by atoms with Crippen molar-refractivity contribution in [2.45, 2.75) is 6.04 Å². The zero-order valence-corrected chi connectivity index (χ0v) is 15.4. The summed E-state index contributed by atoms with van der Waals surface area (Å²) < 4.78 is 6.44. The molecule has 0 fully saturated rings. The number of benzene rings is 2. The summed E-state index contributed by atoms with van der Waals surface area (Å²) in [4.78, 5) is 14.1. The molecule has 0 saturated carbocycles. The van der Waals surface area contributed by atoms with E-state index >= 15 is 0 Å². The number of hydrogen-bond donors (Lipinski definition) is 0. The molecule has 3 rings (SSSR count). The van der Waals surface area contributed by atoms with Crippen LogP contribution in [0.15, 0.2) is 48.5 Å². The molecule has 0 bridgehead atoms. The van der Waals surface area contributed by atoms with Crippen LogP contribution in [0.5, 0.6) is 0 Å². The monoisotopic (exact) mass is 371 g/mol. The molecule has 134 valence electrons. The third-order valence-corrected chi connectivity index (χ3v) is 4.23. The van der Waals surface area contributed by atoms with Crippen molar-refractivity contribution in [2.75, 3.05) is 21.2 Å². The van der Waals surface area contributed by atoms with E-state index in [1.54, 1.807) is 22.9 Å². The Bertz CT molecular complexity index is 908. The van der Waals surface area contributed by atoms with Crippen molar-refractivity contribution in [3.63, 3.8) is 0 Å². The molecule has 26 heavy (non-hydrogen) atoms. The van der Waals surface area contributed by atoms with Gasteiger partial charge in [-0.3, -0.25) is 4.90 Å². The molecule has 1 unspecified atom stereocenters. The predicted octanol–water partition coefficient (Wildman–Crippen LogP) is 2.75. The first-order valence-electron chi connectivity index (χ1n) is 7.90. The summed E-state index contributed by atoms with van der Waals surface area (Å²) in [5.74, 6) is 0.128. The molecular weight excluding hydrogens is 354 g/mol. The third-order valence-electron chi connectivity index (χ3n) is 3.98. The van der Waals surface area contributed by atoms with Gasteiger partial charge in [-0.25, -0.2) is 4.79 Å². The number of rotatable bonds is 5. The third kappa shape index (κ3) is 3.44. The molecule has 0 N–H and O–H groups in total. The minimum Gasteiger partial charge on any atom is -0.465 e. The van der Waals surface area contributed by atoms with E-state index in [2.05, 4.69) is 15.5 Å². The minimum atomic E-state index is -0.449. The summed E-state index contributed by atoms with van der Waals surface area (Å²) in [6, 6.07) is 14.3. The number of para-hydroxylation sites is 1. The van der Waals surface area contributed by atoms with Crippen LogP contribution in [0.2, 0.25) is 5.02 Å². The van der Waals surface area contributed by atoms with Crippen LogP contribution in [0, 0.1) is 0 Å². The van der Waals surface area contributed by atoms with E-state index in [-0.39, 0.29) is 6.04 Å². The molecular formula is C18H18ClN5O2. The maximum Gasteiger partial charge on any atom is 0.340 e. The lowest BCUT2D eigenvalue weighted by Crippen LogP contribution is -2.25. The van der Waals surface area contributed by atoms with Gasteiger partial charge in [-0.15, -0.1) is 5.10 Å². The van der Waals surface area contributed by atoms with Crippen molar-refractivity contribution in [2.24, 2.45) is 0 Å².